The Bertz CT molecular complexity index is 880. The van der Waals surface area contributed by atoms with Crippen LogP contribution in [0, 0.1) is 0 Å². The van der Waals surface area contributed by atoms with Gasteiger partial charge in [-0.05, 0) is 37.3 Å². The minimum Gasteiger partial charge on any atom is -0.353 e. The molecule has 0 atom stereocenters. The van der Waals surface area contributed by atoms with Crippen LogP contribution in [-0.2, 0) is 21.2 Å². The Morgan fingerprint density at radius 2 is 2.00 bits per heavy atom. The second-order valence-corrected chi connectivity index (χ2v) is 9.17. The maximum Gasteiger partial charge on any atom is 0.224 e. The van der Waals surface area contributed by atoms with E-state index in [1.165, 1.54) is 0 Å². The van der Waals surface area contributed by atoms with Gasteiger partial charge in [0.2, 0.25) is 15.9 Å². The minimum absolute atomic E-state index is 0.0256. The average molecular weight is 362 g/mol. The Morgan fingerprint density at radius 3 is 2.72 bits per heavy atom. The number of rotatable bonds is 5. The van der Waals surface area contributed by atoms with Gasteiger partial charge >= 0.3 is 0 Å². The highest BCUT2D eigenvalue weighted by Crippen LogP contribution is 2.32. The molecule has 2 aliphatic rings. The first-order chi connectivity index (χ1) is 12.0. The SMILES string of the molecule is O=C(Cc1ccc2cn[nH]c2c1)NC1CCN(S(=O)(=O)C2CC2)CC1. The lowest BCUT2D eigenvalue weighted by Gasteiger charge is -2.31. The van der Waals surface area contributed by atoms with Crippen molar-refractivity contribution in [1.82, 2.24) is 19.8 Å². The molecule has 1 aliphatic carbocycles. The molecule has 25 heavy (non-hydrogen) atoms. The third kappa shape index (κ3) is 3.55. The van der Waals surface area contributed by atoms with Gasteiger partial charge < -0.3 is 5.32 Å². The van der Waals surface area contributed by atoms with Crippen LogP contribution >= 0.6 is 0 Å². The highest BCUT2D eigenvalue weighted by atomic mass is 32.2. The van der Waals surface area contributed by atoms with E-state index < -0.39 is 10.0 Å². The number of carbonyl (C=O) groups is 1. The summed E-state index contributed by atoms with van der Waals surface area (Å²) in [6.45, 7) is 1.01. The molecule has 2 heterocycles. The molecule has 0 bridgehead atoms. The molecule has 4 rings (SSSR count). The lowest BCUT2D eigenvalue weighted by atomic mass is 10.1. The number of fused-ring (bicyclic) bond motifs is 1. The molecule has 0 radical (unpaired) electrons. The van der Waals surface area contributed by atoms with Crippen molar-refractivity contribution in [2.75, 3.05) is 13.1 Å². The summed E-state index contributed by atoms with van der Waals surface area (Å²) in [5, 5.41) is 10.8. The van der Waals surface area contributed by atoms with E-state index in [4.69, 9.17) is 0 Å². The summed E-state index contributed by atoms with van der Waals surface area (Å²) in [6.07, 6.45) is 5.01. The maximum atomic E-state index is 12.3. The van der Waals surface area contributed by atoms with Gasteiger partial charge in [0.25, 0.3) is 0 Å². The van der Waals surface area contributed by atoms with Crippen LogP contribution < -0.4 is 5.32 Å². The first kappa shape index (κ1) is 16.5. The third-order valence-electron chi connectivity index (χ3n) is 5.00. The van der Waals surface area contributed by atoms with E-state index in [1.54, 1.807) is 10.5 Å². The molecular weight excluding hydrogens is 340 g/mol. The minimum atomic E-state index is -3.09. The molecule has 134 valence electrons. The molecular formula is C17H22N4O3S. The molecule has 0 spiro atoms. The zero-order valence-electron chi connectivity index (χ0n) is 13.9. The number of hydrogen-bond donors (Lipinski definition) is 2. The largest absolute Gasteiger partial charge is 0.353 e. The van der Waals surface area contributed by atoms with Crippen LogP contribution in [0.5, 0.6) is 0 Å². The molecule has 8 heteroatoms. The fraction of sp³-hybridized carbons (Fsp3) is 0.529. The molecule has 1 saturated carbocycles. The number of carbonyl (C=O) groups excluding carboxylic acids is 1. The van der Waals surface area contributed by atoms with Crippen molar-refractivity contribution in [1.29, 1.82) is 0 Å². The van der Waals surface area contributed by atoms with Crippen LogP contribution in [0.25, 0.3) is 10.9 Å². The first-order valence-corrected chi connectivity index (χ1v) is 10.2. The van der Waals surface area contributed by atoms with E-state index in [-0.39, 0.29) is 17.2 Å². The van der Waals surface area contributed by atoms with Crippen LogP contribution in [0.3, 0.4) is 0 Å². The summed E-state index contributed by atoms with van der Waals surface area (Å²) >= 11 is 0. The molecule has 1 aromatic carbocycles. The first-order valence-electron chi connectivity index (χ1n) is 8.73. The van der Waals surface area contributed by atoms with Crippen molar-refractivity contribution in [2.45, 2.75) is 43.4 Å². The molecule has 1 saturated heterocycles. The van der Waals surface area contributed by atoms with Crippen LogP contribution in [0.1, 0.15) is 31.2 Å². The van der Waals surface area contributed by atoms with Crippen molar-refractivity contribution >= 4 is 26.8 Å². The number of benzene rings is 1. The predicted octanol–water partition coefficient (Wildman–Crippen LogP) is 1.18. The number of sulfonamides is 1. The van der Waals surface area contributed by atoms with Gasteiger partial charge in [-0.1, -0.05) is 12.1 Å². The van der Waals surface area contributed by atoms with E-state index in [1.807, 2.05) is 18.2 Å². The summed E-state index contributed by atoms with van der Waals surface area (Å²) in [4.78, 5) is 12.3. The smallest absolute Gasteiger partial charge is 0.224 e. The van der Waals surface area contributed by atoms with Gasteiger partial charge in [-0.15, -0.1) is 0 Å². The maximum absolute atomic E-state index is 12.3. The second kappa shape index (κ2) is 6.42. The van der Waals surface area contributed by atoms with Gasteiger partial charge in [0.1, 0.15) is 0 Å². The molecule has 1 aliphatic heterocycles. The fourth-order valence-corrected chi connectivity index (χ4v) is 5.26. The fourth-order valence-electron chi connectivity index (χ4n) is 3.39. The van der Waals surface area contributed by atoms with E-state index in [2.05, 4.69) is 15.5 Å². The number of amides is 1. The monoisotopic (exact) mass is 362 g/mol. The molecule has 2 fully saturated rings. The number of aromatic nitrogens is 2. The van der Waals surface area contributed by atoms with Gasteiger partial charge in [-0.25, -0.2) is 12.7 Å². The topological polar surface area (TPSA) is 95.2 Å². The summed E-state index contributed by atoms with van der Waals surface area (Å²) in [6, 6.07) is 5.87. The zero-order valence-corrected chi connectivity index (χ0v) is 14.8. The summed E-state index contributed by atoms with van der Waals surface area (Å²) in [7, 11) is -3.09. The standard InChI is InChI=1S/C17H22N4O3S/c22-17(10-12-1-2-13-11-18-20-16(13)9-12)19-14-5-7-21(8-6-14)25(23,24)15-3-4-15/h1-2,9,11,14-15H,3-8,10H2,(H,18,20)(H,19,22). The second-order valence-electron chi connectivity index (χ2n) is 6.95. The van der Waals surface area contributed by atoms with E-state index >= 15 is 0 Å². The van der Waals surface area contributed by atoms with Crippen molar-refractivity contribution < 1.29 is 13.2 Å². The van der Waals surface area contributed by atoms with Crippen molar-refractivity contribution in [3.05, 3.63) is 30.0 Å². The van der Waals surface area contributed by atoms with Gasteiger partial charge in [0, 0.05) is 24.5 Å². The van der Waals surface area contributed by atoms with Gasteiger partial charge in [-0.2, -0.15) is 5.10 Å². The Balaban J connectivity index is 1.30. The highest BCUT2D eigenvalue weighted by Gasteiger charge is 2.41. The van der Waals surface area contributed by atoms with E-state index in [0.717, 1.165) is 29.3 Å². The number of nitrogens with zero attached hydrogens (tertiary/aromatic N) is 2. The average Bonchev–Trinajstić information content (AvgIpc) is 3.35. The molecule has 7 nitrogen and oxygen atoms in total. The number of piperidine rings is 1. The van der Waals surface area contributed by atoms with Crippen molar-refractivity contribution in [2.24, 2.45) is 0 Å². The number of nitrogens with one attached hydrogen (secondary N) is 2. The Hall–Kier alpha value is -1.93. The summed E-state index contributed by atoms with van der Waals surface area (Å²) < 4.78 is 26.1. The molecule has 2 aromatic rings. The highest BCUT2D eigenvalue weighted by molar-refractivity contribution is 7.90. The van der Waals surface area contributed by atoms with Crippen LogP contribution in [0.2, 0.25) is 0 Å². The van der Waals surface area contributed by atoms with E-state index in [0.29, 0.717) is 32.4 Å². The Kier molecular flexibility index (Phi) is 4.24. The number of H-pyrrole nitrogens is 1. The quantitative estimate of drug-likeness (QED) is 0.835. The number of aromatic amines is 1. The Morgan fingerprint density at radius 1 is 1.24 bits per heavy atom. The molecule has 2 N–H and O–H groups in total. The van der Waals surface area contributed by atoms with Crippen LogP contribution in [0.4, 0.5) is 0 Å². The molecule has 0 unspecified atom stereocenters. The summed E-state index contributed by atoms with van der Waals surface area (Å²) in [5.41, 5.74) is 1.85. The molecule has 1 amide bonds. The normalized spacial score (nSPS) is 20.0. The van der Waals surface area contributed by atoms with Crippen LogP contribution in [-0.4, -0.2) is 53.2 Å². The van der Waals surface area contributed by atoms with Gasteiger partial charge in [-0.3, -0.25) is 9.89 Å². The lowest BCUT2D eigenvalue weighted by Crippen LogP contribution is -2.47. The van der Waals surface area contributed by atoms with Gasteiger partial charge in [0.15, 0.2) is 0 Å². The van der Waals surface area contributed by atoms with Crippen molar-refractivity contribution in [3.8, 4) is 0 Å². The Labute approximate surface area is 146 Å². The van der Waals surface area contributed by atoms with Crippen molar-refractivity contribution in [3.63, 3.8) is 0 Å². The van der Waals surface area contributed by atoms with Gasteiger partial charge in [0.05, 0.1) is 23.4 Å². The van der Waals surface area contributed by atoms with E-state index in [9.17, 15) is 13.2 Å². The zero-order chi connectivity index (χ0) is 17.4. The number of hydrogen-bond acceptors (Lipinski definition) is 4. The lowest BCUT2D eigenvalue weighted by molar-refractivity contribution is -0.121. The molecule has 1 aromatic heterocycles. The predicted molar refractivity (Wildman–Crippen MR) is 94.5 cm³/mol. The summed E-state index contributed by atoms with van der Waals surface area (Å²) in [5.74, 6) is -0.0256. The van der Waals surface area contributed by atoms with Crippen LogP contribution in [0.15, 0.2) is 24.4 Å². The third-order valence-corrected chi connectivity index (χ3v) is 7.39.